The summed E-state index contributed by atoms with van der Waals surface area (Å²) in [4.78, 5) is 13.3. The van der Waals surface area contributed by atoms with E-state index in [0.29, 0.717) is 5.95 Å². The number of nitrogens with zero attached hydrogens (tertiary/aromatic N) is 4. The predicted molar refractivity (Wildman–Crippen MR) is 84.8 cm³/mol. The molecule has 0 fully saturated rings. The van der Waals surface area contributed by atoms with Crippen LogP contribution in [0.15, 0.2) is 30.6 Å². The van der Waals surface area contributed by atoms with Gasteiger partial charge in [0.2, 0.25) is 5.95 Å². The smallest absolute Gasteiger partial charge is 0.202 e. The number of anilines is 1. The molecular weight excluding hydrogens is 262 g/mol. The number of nitrogen functional groups attached to an aromatic ring is 1. The Bertz CT molecular complexity index is 761. The maximum atomic E-state index is 5.89. The van der Waals surface area contributed by atoms with Crippen LogP contribution in [0.25, 0.3) is 22.3 Å². The molecule has 0 saturated heterocycles. The Labute approximate surface area is 123 Å². The van der Waals surface area contributed by atoms with Crippen molar-refractivity contribution in [2.24, 2.45) is 7.05 Å². The molecule has 0 radical (unpaired) electrons. The Morgan fingerprint density at radius 3 is 2.67 bits per heavy atom. The predicted octanol–water partition coefficient (Wildman–Crippen LogP) is 2.96. The number of imidazole rings is 1. The minimum Gasteiger partial charge on any atom is -0.369 e. The number of rotatable bonds is 4. The number of unbranched alkanes of at least 4 members (excludes halogenated alkanes) is 1. The van der Waals surface area contributed by atoms with Crippen molar-refractivity contribution in [3.05, 3.63) is 36.3 Å². The van der Waals surface area contributed by atoms with E-state index in [1.807, 2.05) is 23.7 Å². The van der Waals surface area contributed by atoms with Crippen LogP contribution in [0.4, 0.5) is 5.95 Å². The third-order valence-corrected chi connectivity index (χ3v) is 3.72. The fourth-order valence-corrected chi connectivity index (χ4v) is 2.48. The lowest BCUT2D eigenvalue weighted by atomic mass is 10.0. The van der Waals surface area contributed by atoms with Gasteiger partial charge >= 0.3 is 0 Å². The second-order valence-electron chi connectivity index (χ2n) is 5.19. The van der Waals surface area contributed by atoms with Gasteiger partial charge in [0.25, 0.3) is 0 Å². The van der Waals surface area contributed by atoms with Crippen molar-refractivity contribution in [1.29, 1.82) is 0 Å². The van der Waals surface area contributed by atoms with E-state index in [1.54, 1.807) is 12.4 Å². The number of pyridine rings is 2. The van der Waals surface area contributed by atoms with Gasteiger partial charge in [-0.25, -0.2) is 9.97 Å². The van der Waals surface area contributed by atoms with E-state index < -0.39 is 0 Å². The average molecular weight is 281 g/mol. The Kier molecular flexibility index (Phi) is 3.56. The van der Waals surface area contributed by atoms with Crippen molar-refractivity contribution in [3.63, 3.8) is 0 Å². The molecule has 21 heavy (non-hydrogen) atoms. The molecule has 5 heteroatoms. The fraction of sp³-hybridized carbons (Fsp3) is 0.312. The first-order valence-electron chi connectivity index (χ1n) is 7.23. The minimum atomic E-state index is 0.491. The van der Waals surface area contributed by atoms with Crippen molar-refractivity contribution >= 4 is 17.1 Å². The summed E-state index contributed by atoms with van der Waals surface area (Å²) in [6.45, 7) is 2.19. The molecule has 0 atom stereocenters. The van der Waals surface area contributed by atoms with Gasteiger partial charge in [0, 0.05) is 25.0 Å². The number of fused-ring (bicyclic) bond motifs is 1. The van der Waals surface area contributed by atoms with Crippen LogP contribution in [0, 0.1) is 0 Å². The fourth-order valence-electron chi connectivity index (χ4n) is 2.48. The van der Waals surface area contributed by atoms with Gasteiger partial charge in [0.05, 0.1) is 5.69 Å². The second-order valence-corrected chi connectivity index (χ2v) is 5.19. The van der Waals surface area contributed by atoms with Crippen LogP contribution in [0.3, 0.4) is 0 Å². The largest absolute Gasteiger partial charge is 0.369 e. The van der Waals surface area contributed by atoms with Crippen molar-refractivity contribution in [2.45, 2.75) is 26.2 Å². The Balaban J connectivity index is 2.20. The first kappa shape index (κ1) is 13.5. The first-order valence-corrected chi connectivity index (χ1v) is 7.23. The topological polar surface area (TPSA) is 69.6 Å². The molecule has 0 spiro atoms. The quantitative estimate of drug-likeness (QED) is 0.798. The van der Waals surface area contributed by atoms with Crippen molar-refractivity contribution in [3.8, 4) is 11.1 Å². The summed E-state index contributed by atoms with van der Waals surface area (Å²) in [6, 6.07) is 6.09. The van der Waals surface area contributed by atoms with Crippen molar-refractivity contribution in [1.82, 2.24) is 19.5 Å². The van der Waals surface area contributed by atoms with Gasteiger partial charge < -0.3 is 5.73 Å². The zero-order valence-electron chi connectivity index (χ0n) is 12.4. The van der Waals surface area contributed by atoms with Crippen LogP contribution in [-0.2, 0) is 13.5 Å². The van der Waals surface area contributed by atoms with Gasteiger partial charge in [-0.3, -0.25) is 9.55 Å². The van der Waals surface area contributed by atoms with Crippen LogP contribution in [0.1, 0.15) is 25.5 Å². The van der Waals surface area contributed by atoms with Crippen LogP contribution in [0.2, 0.25) is 0 Å². The molecule has 108 valence electrons. The molecule has 3 rings (SSSR count). The second kappa shape index (κ2) is 5.52. The number of hydrogen-bond acceptors (Lipinski definition) is 4. The summed E-state index contributed by atoms with van der Waals surface area (Å²) in [5.74, 6) is 0.491. The molecular formula is C16H19N5. The van der Waals surface area contributed by atoms with Crippen molar-refractivity contribution < 1.29 is 0 Å². The molecule has 0 aromatic carbocycles. The summed E-state index contributed by atoms with van der Waals surface area (Å²) in [7, 11) is 1.90. The van der Waals surface area contributed by atoms with Crippen molar-refractivity contribution in [2.75, 3.05) is 5.73 Å². The minimum absolute atomic E-state index is 0.491. The number of aryl methyl sites for hydroxylation is 2. The van der Waals surface area contributed by atoms with E-state index >= 15 is 0 Å². The lowest BCUT2D eigenvalue weighted by molar-refractivity contribution is 0.778. The number of hydrogen-bond donors (Lipinski definition) is 1. The molecule has 0 bridgehead atoms. The standard InChI is InChI=1S/C16H19N5/c1-3-4-5-13-12(11-6-8-18-9-7-11)10-14-15(19-13)21(2)16(17)20-14/h6-10H,3-5H2,1-2H3,(H2,17,20). The normalized spacial score (nSPS) is 11.1. The molecule has 5 nitrogen and oxygen atoms in total. The maximum Gasteiger partial charge on any atom is 0.202 e. The highest BCUT2D eigenvalue weighted by Gasteiger charge is 2.13. The van der Waals surface area contributed by atoms with E-state index in [0.717, 1.165) is 47.2 Å². The van der Waals surface area contributed by atoms with Crippen LogP contribution >= 0.6 is 0 Å². The van der Waals surface area contributed by atoms with Gasteiger partial charge in [-0.2, -0.15) is 0 Å². The molecule has 3 heterocycles. The summed E-state index contributed by atoms with van der Waals surface area (Å²) < 4.78 is 1.83. The molecule has 0 unspecified atom stereocenters. The molecule has 0 aliphatic carbocycles. The zero-order chi connectivity index (χ0) is 14.8. The Morgan fingerprint density at radius 1 is 1.19 bits per heavy atom. The van der Waals surface area contributed by atoms with E-state index in [9.17, 15) is 0 Å². The third-order valence-electron chi connectivity index (χ3n) is 3.72. The number of nitrogens with two attached hydrogens (primary N) is 1. The monoisotopic (exact) mass is 281 g/mol. The summed E-state index contributed by atoms with van der Waals surface area (Å²) >= 11 is 0. The lowest BCUT2D eigenvalue weighted by Crippen LogP contribution is -2.00. The summed E-state index contributed by atoms with van der Waals surface area (Å²) in [5, 5.41) is 0. The van der Waals surface area contributed by atoms with E-state index in [4.69, 9.17) is 10.7 Å². The zero-order valence-corrected chi connectivity index (χ0v) is 12.4. The van der Waals surface area contributed by atoms with Gasteiger partial charge in [0.1, 0.15) is 5.52 Å². The van der Waals surface area contributed by atoms with Crippen LogP contribution < -0.4 is 5.73 Å². The van der Waals surface area contributed by atoms with Gasteiger partial charge in [0.15, 0.2) is 5.65 Å². The molecule has 2 N–H and O–H groups in total. The van der Waals surface area contributed by atoms with Gasteiger partial charge in [-0.05, 0) is 36.6 Å². The maximum absolute atomic E-state index is 5.89. The highest BCUT2D eigenvalue weighted by molar-refractivity contribution is 5.81. The van der Waals surface area contributed by atoms with Gasteiger partial charge in [-0.15, -0.1) is 0 Å². The van der Waals surface area contributed by atoms with Gasteiger partial charge in [-0.1, -0.05) is 13.3 Å². The Morgan fingerprint density at radius 2 is 1.95 bits per heavy atom. The molecule has 3 aromatic heterocycles. The molecule has 0 amide bonds. The highest BCUT2D eigenvalue weighted by atomic mass is 15.2. The van der Waals surface area contributed by atoms with E-state index in [2.05, 4.69) is 23.0 Å². The molecule has 0 aliphatic heterocycles. The SMILES string of the molecule is CCCCc1nc2c(cc1-c1ccncc1)nc(N)n2C. The van der Waals surface area contributed by atoms with E-state index in [-0.39, 0.29) is 0 Å². The van der Waals surface area contributed by atoms with Crippen LogP contribution in [-0.4, -0.2) is 19.5 Å². The number of aromatic nitrogens is 4. The molecule has 3 aromatic rings. The average Bonchev–Trinajstić information content (AvgIpc) is 2.80. The van der Waals surface area contributed by atoms with E-state index in [1.165, 1.54) is 0 Å². The lowest BCUT2D eigenvalue weighted by Gasteiger charge is -2.09. The first-order chi connectivity index (χ1) is 10.2. The van der Waals surface area contributed by atoms with Crippen LogP contribution in [0.5, 0.6) is 0 Å². The summed E-state index contributed by atoms with van der Waals surface area (Å²) in [6.07, 6.45) is 6.81. The third kappa shape index (κ3) is 2.46. The highest BCUT2D eigenvalue weighted by Crippen LogP contribution is 2.27. The molecule has 0 aliphatic rings. The Hall–Kier alpha value is -2.43. The summed E-state index contributed by atoms with van der Waals surface area (Å²) in [5.41, 5.74) is 10.9. The molecule has 0 saturated carbocycles.